The van der Waals surface area contributed by atoms with Crippen molar-refractivity contribution in [1.29, 1.82) is 0 Å². The highest BCUT2D eigenvalue weighted by Crippen LogP contribution is 2.22. The van der Waals surface area contributed by atoms with Crippen LogP contribution in [-0.4, -0.2) is 12.5 Å². The molecule has 2 aromatic carbocycles. The van der Waals surface area contributed by atoms with E-state index in [1.807, 2.05) is 30.3 Å². The maximum Gasteiger partial charge on any atom is 0.252 e. The summed E-state index contributed by atoms with van der Waals surface area (Å²) in [5.74, 6) is 5.96. The highest BCUT2D eigenvalue weighted by Gasteiger charge is 2.02. The summed E-state index contributed by atoms with van der Waals surface area (Å²) in [6.07, 6.45) is 0. The SMILES string of the molecule is NOCC(=O)Nc1ccc(Oc2ccccc2)cc1. The van der Waals surface area contributed by atoms with Gasteiger partial charge in [-0.1, -0.05) is 18.2 Å². The lowest BCUT2D eigenvalue weighted by molar-refractivity contribution is -0.120. The first-order valence-corrected chi connectivity index (χ1v) is 5.72. The third kappa shape index (κ3) is 4.09. The number of nitrogens with one attached hydrogen (secondary N) is 1. The van der Waals surface area contributed by atoms with Gasteiger partial charge in [-0.3, -0.25) is 9.63 Å². The zero-order valence-electron chi connectivity index (χ0n) is 10.2. The zero-order valence-corrected chi connectivity index (χ0v) is 10.2. The first-order chi connectivity index (χ1) is 9.28. The van der Waals surface area contributed by atoms with Crippen molar-refractivity contribution in [3.63, 3.8) is 0 Å². The van der Waals surface area contributed by atoms with Crippen LogP contribution < -0.4 is 16.0 Å². The van der Waals surface area contributed by atoms with Crippen molar-refractivity contribution in [3.05, 3.63) is 54.6 Å². The standard InChI is InChI=1S/C14H14N2O3/c15-18-10-14(17)16-11-6-8-13(9-7-11)19-12-4-2-1-3-5-12/h1-9H,10,15H2,(H,16,17). The van der Waals surface area contributed by atoms with Gasteiger partial charge in [-0.15, -0.1) is 0 Å². The third-order valence-corrected chi connectivity index (χ3v) is 2.33. The van der Waals surface area contributed by atoms with Gasteiger partial charge in [0.05, 0.1) is 0 Å². The summed E-state index contributed by atoms with van der Waals surface area (Å²) in [7, 11) is 0. The predicted molar refractivity (Wildman–Crippen MR) is 71.7 cm³/mol. The molecule has 5 heteroatoms. The number of para-hydroxylation sites is 1. The Bertz CT molecular complexity index is 526. The second-order valence-electron chi connectivity index (χ2n) is 3.80. The van der Waals surface area contributed by atoms with E-state index >= 15 is 0 Å². The molecule has 2 aromatic rings. The highest BCUT2D eigenvalue weighted by molar-refractivity contribution is 5.91. The fourth-order valence-electron chi connectivity index (χ4n) is 1.50. The van der Waals surface area contributed by atoms with Crippen LogP contribution in [0.5, 0.6) is 11.5 Å². The van der Waals surface area contributed by atoms with Gasteiger partial charge >= 0.3 is 0 Å². The van der Waals surface area contributed by atoms with E-state index < -0.39 is 0 Å². The number of anilines is 1. The van der Waals surface area contributed by atoms with Crippen LogP contribution in [0.3, 0.4) is 0 Å². The Morgan fingerprint density at radius 1 is 1.00 bits per heavy atom. The monoisotopic (exact) mass is 258 g/mol. The summed E-state index contributed by atoms with van der Waals surface area (Å²) < 4.78 is 5.63. The van der Waals surface area contributed by atoms with Gasteiger partial charge < -0.3 is 10.1 Å². The molecule has 0 aromatic heterocycles. The Balaban J connectivity index is 1.97. The van der Waals surface area contributed by atoms with E-state index in [-0.39, 0.29) is 12.5 Å². The molecule has 0 spiro atoms. The van der Waals surface area contributed by atoms with Gasteiger partial charge in [0.1, 0.15) is 18.1 Å². The number of hydrogen-bond acceptors (Lipinski definition) is 4. The predicted octanol–water partition coefficient (Wildman–Crippen LogP) is 2.31. The number of amides is 1. The van der Waals surface area contributed by atoms with Crippen molar-refractivity contribution in [2.75, 3.05) is 11.9 Å². The van der Waals surface area contributed by atoms with E-state index in [0.29, 0.717) is 11.4 Å². The molecule has 0 saturated carbocycles. The van der Waals surface area contributed by atoms with Crippen molar-refractivity contribution in [1.82, 2.24) is 0 Å². The average Bonchev–Trinajstić information content (AvgIpc) is 2.42. The van der Waals surface area contributed by atoms with Crippen molar-refractivity contribution >= 4 is 11.6 Å². The highest BCUT2D eigenvalue weighted by atomic mass is 16.6. The van der Waals surface area contributed by atoms with Crippen molar-refractivity contribution in [3.8, 4) is 11.5 Å². The van der Waals surface area contributed by atoms with E-state index in [1.54, 1.807) is 24.3 Å². The fraction of sp³-hybridized carbons (Fsp3) is 0.0714. The first-order valence-electron chi connectivity index (χ1n) is 5.72. The van der Waals surface area contributed by atoms with Gasteiger partial charge in [0.15, 0.2) is 0 Å². The van der Waals surface area contributed by atoms with E-state index in [2.05, 4.69) is 10.2 Å². The minimum atomic E-state index is -0.306. The van der Waals surface area contributed by atoms with Gasteiger partial charge in [-0.25, -0.2) is 5.90 Å². The fourth-order valence-corrected chi connectivity index (χ4v) is 1.50. The molecule has 5 nitrogen and oxygen atoms in total. The smallest absolute Gasteiger partial charge is 0.252 e. The molecule has 0 heterocycles. The van der Waals surface area contributed by atoms with E-state index in [1.165, 1.54) is 0 Å². The van der Waals surface area contributed by atoms with Crippen LogP contribution in [0.15, 0.2) is 54.6 Å². The molecule has 1 amide bonds. The molecule has 0 aliphatic heterocycles. The molecule has 0 radical (unpaired) electrons. The van der Waals surface area contributed by atoms with E-state index in [0.717, 1.165) is 5.75 Å². The van der Waals surface area contributed by atoms with Crippen molar-refractivity contribution < 1.29 is 14.4 Å². The number of ether oxygens (including phenoxy) is 1. The second-order valence-corrected chi connectivity index (χ2v) is 3.80. The number of hydrogen-bond donors (Lipinski definition) is 2. The van der Waals surface area contributed by atoms with Crippen LogP contribution in [0, 0.1) is 0 Å². The van der Waals surface area contributed by atoms with E-state index in [9.17, 15) is 4.79 Å². The largest absolute Gasteiger partial charge is 0.457 e. The third-order valence-electron chi connectivity index (χ3n) is 2.33. The number of carbonyl (C=O) groups is 1. The van der Waals surface area contributed by atoms with Crippen LogP contribution in [0.25, 0.3) is 0 Å². The maximum atomic E-state index is 11.2. The number of benzene rings is 2. The Kier molecular flexibility index (Phi) is 4.49. The molecule has 0 aliphatic carbocycles. The minimum absolute atomic E-state index is 0.178. The average molecular weight is 258 g/mol. The normalized spacial score (nSPS) is 9.95. The van der Waals surface area contributed by atoms with E-state index in [4.69, 9.17) is 10.6 Å². The molecule has 0 unspecified atom stereocenters. The maximum absolute atomic E-state index is 11.2. The molecular formula is C14H14N2O3. The topological polar surface area (TPSA) is 73.6 Å². The molecule has 98 valence electrons. The van der Waals surface area contributed by atoms with Crippen LogP contribution in [0.2, 0.25) is 0 Å². The van der Waals surface area contributed by atoms with Gasteiger partial charge in [0.2, 0.25) is 0 Å². The Morgan fingerprint density at radius 3 is 2.26 bits per heavy atom. The summed E-state index contributed by atoms with van der Waals surface area (Å²) in [6.45, 7) is -0.178. The molecule has 0 fully saturated rings. The summed E-state index contributed by atoms with van der Waals surface area (Å²) in [5, 5.41) is 2.63. The lowest BCUT2D eigenvalue weighted by Gasteiger charge is -2.07. The summed E-state index contributed by atoms with van der Waals surface area (Å²) in [5.41, 5.74) is 0.655. The molecule has 3 N–H and O–H groups in total. The molecule has 0 saturated heterocycles. The number of nitrogens with two attached hydrogens (primary N) is 1. The molecule has 0 atom stereocenters. The summed E-state index contributed by atoms with van der Waals surface area (Å²) in [4.78, 5) is 15.5. The summed E-state index contributed by atoms with van der Waals surface area (Å²) in [6, 6.07) is 16.5. The van der Waals surface area contributed by atoms with Crippen LogP contribution in [-0.2, 0) is 9.63 Å². The minimum Gasteiger partial charge on any atom is -0.457 e. The van der Waals surface area contributed by atoms with Gasteiger partial charge in [0, 0.05) is 5.69 Å². The van der Waals surface area contributed by atoms with Crippen LogP contribution in [0.4, 0.5) is 5.69 Å². The van der Waals surface area contributed by atoms with Gasteiger partial charge in [0.25, 0.3) is 5.91 Å². The lowest BCUT2D eigenvalue weighted by atomic mass is 10.3. The molecule has 0 bridgehead atoms. The number of rotatable bonds is 5. The van der Waals surface area contributed by atoms with Gasteiger partial charge in [-0.05, 0) is 36.4 Å². The molecule has 0 aliphatic rings. The zero-order chi connectivity index (χ0) is 13.5. The Labute approximate surface area is 110 Å². The number of carbonyl (C=O) groups excluding carboxylic acids is 1. The van der Waals surface area contributed by atoms with Gasteiger partial charge in [-0.2, -0.15) is 0 Å². The van der Waals surface area contributed by atoms with Crippen LogP contribution >= 0.6 is 0 Å². The quantitative estimate of drug-likeness (QED) is 0.807. The Hall–Kier alpha value is -2.37. The first kappa shape index (κ1) is 13.1. The Morgan fingerprint density at radius 2 is 1.63 bits per heavy atom. The lowest BCUT2D eigenvalue weighted by Crippen LogP contribution is -2.20. The van der Waals surface area contributed by atoms with Crippen molar-refractivity contribution in [2.45, 2.75) is 0 Å². The second kappa shape index (κ2) is 6.53. The molecule has 19 heavy (non-hydrogen) atoms. The summed E-state index contributed by atoms with van der Waals surface area (Å²) >= 11 is 0. The molecular weight excluding hydrogens is 244 g/mol. The van der Waals surface area contributed by atoms with Crippen LogP contribution in [0.1, 0.15) is 0 Å². The van der Waals surface area contributed by atoms with Crippen molar-refractivity contribution in [2.24, 2.45) is 5.90 Å². The molecule has 2 rings (SSSR count).